The van der Waals surface area contributed by atoms with Gasteiger partial charge in [0.1, 0.15) is 11.6 Å². The van der Waals surface area contributed by atoms with Crippen LogP contribution in [0.3, 0.4) is 0 Å². The van der Waals surface area contributed by atoms with Crippen molar-refractivity contribution in [3.8, 4) is 5.75 Å². The zero-order chi connectivity index (χ0) is 13.2. The lowest BCUT2D eigenvalue weighted by Crippen LogP contribution is -2.28. The van der Waals surface area contributed by atoms with Crippen LogP contribution in [0.2, 0.25) is 0 Å². The molecule has 3 heteroatoms. The second-order valence-electron chi connectivity index (χ2n) is 5.65. The summed E-state index contributed by atoms with van der Waals surface area (Å²) < 4.78 is 20.3. The minimum Gasteiger partial charge on any atom is -0.496 e. The van der Waals surface area contributed by atoms with Crippen LogP contribution >= 0.6 is 0 Å². The number of rotatable bonds is 2. The van der Waals surface area contributed by atoms with Crippen LogP contribution in [-0.2, 0) is 12.8 Å². The Morgan fingerprint density at radius 2 is 1.95 bits per heavy atom. The van der Waals surface area contributed by atoms with Crippen molar-refractivity contribution in [1.82, 2.24) is 5.32 Å². The van der Waals surface area contributed by atoms with Crippen LogP contribution in [-0.4, -0.2) is 13.7 Å². The maximum atomic E-state index is 14.8. The smallest absolute Gasteiger partial charge is 0.131 e. The summed E-state index contributed by atoms with van der Waals surface area (Å²) in [6.07, 6.45) is 7.44. The fraction of sp³-hybridized carbons (Fsp3) is 0.625. The van der Waals surface area contributed by atoms with E-state index in [0.29, 0.717) is 0 Å². The van der Waals surface area contributed by atoms with Gasteiger partial charge in [-0.2, -0.15) is 0 Å². The van der Waals surface area contributed by atoms with Gasteiger partial charge in [0, 0.05) is 17.2 Å². The number of fused-ring (bicyclic) bond motifs is 1. The Labute approximate surface area is 114 Å². The van der Waals surface area contributed by atoms with Gasteiger partial charge in [-0.15, -0.1) is 0 Å². The van der Waals surface area contributed by atoms with Crippen molar-refractivity contribution < 1.29 is 9.13 Å². The Morgan fingerprint density at radius 1 is 1.16 bits per heavy atom. The molecular weight excluding hydrogens is 241 g/mol. The lowest BCUT2D eigenvalue weighted by molar-refractivity contribution is 0.382. The van der Waals surface area contributed by atoms with E-state index in [1.165, 1.54) is 12.8 Å². The zero-order valence-electron chi connectivity index (χ0n) is 11.6. The largest absolute Gasteiger partial charge is 0.496 e. The lowest BCUT2D eigenvalue weighted by Gasteiger charge is -2.28. The van der Waals surface area contributed by atoms with E-state index in [2.05, 4.69) is 5.32 Å². The minimum absolute atomic E-state index is 0.0231. The van der Waals surface area contributed by atoms with E-state index >= 15 is 0 Å². The Kier molecular flexibility index (Phi) is 3.74. The molecule has 0 amide bonds. The van der Waals surface area contributed by atoms with E-state index in [0.717, 1.165) is 61.1 Å². The third-order valence-electron chi connectivity index (χ3n) is 4.48. The van der Waals surface area contributed by atoms with Crippen LogP contribution in [0, 0.1) is 5.82 Å². The molecule has 2 aliphatic rings. The first-order chi connectivity index (χ1) is 9.31. The van der Waals surface area contributed by atoms with Gasteiger partial charge in [0.2, 0.25) is 0 Å². The van der Waals surface area contributed by atoms with E-state index in [9.17, 15) is 4.39 Å². The molecule has 0 aromatic heterocycles. The molecule has 1 aliphatic heterocycles. The van der Waals surface area contributed by atoms with Gasteiger partial charge in [-0.3, -0.25) is 0 Å². The van der Waals surface area contributed by atoms with Crippen LogP contribution in [0.1, 0.15) is 54.8 Å². The average Bonchev–Trinajstić information content (AvgIpc) is 2.49. The van der Waals surface area contributed by atoms with Crippen molar-refractivity contribution in [1.29, 1.82) is 0 Å². The van der Waals surface area contributed by atoms with Crippen molar-refractivity contribution >= 4 is 0 Å². The molecule has 1 aliphatic carbocycles. The highest BCUT2D eigenvalue weighted by atomic mass is 19.1. The Morgan fingerprint density at radius 3 is 2.63 bits per heavy atom. The summed E-state index contributed by atoms with van der Waals surface area (Å²) in [5.41, 5.74) is 2.83. The molecular formula is C16H22FNO. The molecule has 1 unspecified atom stereocenters. The monoisotopic (exact) mass is 263 g/mol. The third-order valence-corrected chi connectivity index (χ3v) is 4.48. The Bertz CT molecular complexity index is 466. The van der Waals surface area contributed by atoms with Gasteiger partial charge in [-0.05, 0) is 56.7 Å². The molecule has 1 aromatic rings. The first-order valence-electron chi connectivity index (χ1n) is 7.42. The number of hydrogen-bond donors (Lipinski definition) is 1. The Balaban J connectivity index is 2.04. The predicted molar refractivity (Wildman–Crippen MR) is 74.2 cm³/mol. The van der Waals surface area contributed by atoms with E-state index in [4.69, 9.17) is 4.74 Å². The number of piperidine rings is 1. The molecule has 1 aromatic carbocycles. The summed E-state index contributed by atoms with van der Waals surface area (Å²) in [6, 6.07) is 2.09. The van der Waals surface area contributed by atoms with Crippen LogP contribution in [0.25, 0.3) is 0 Å². The Hall–Kier alpha value is -1.09. The molecule has 2 nitrogen and oxygen atoms in total. The van der Waals surface area contributed by atoms with Gasteiger partial charge in [0.15, 0.2) is 0 Å². The molecule has 1 heterocycles. The summed E-state index contributed by atoms with van der Waals surface area (Å²) >= 11 is 0. The molecule has 104 valence electrons. The molecule has 0 radical (unpaired) electrons. The number of benzene rings is 1. The van der Waals surface area contributed by atoms with Gasteiger partial charge in [-0.1, -0.05) is 6.42 Å². The maximum absolute atomic E-state index is 14.8. The van der Waals surface area contributed by atoms with E-state index in [-0.39, 0.29) is 11.9 Å². The summed E-state index contributed by atoms with van der Waals surface area (Å²) in [5, 5.41) is 3.44. The average molecular weight is 263 g/mol. The normalized spacial score (nSPS) is 22.9. The topological polar surface area (TPSA) is 21.3 Å². The fourth-order valence-corrected chi connectivity index (χ4v) is 3.44. The van der Waals surface area contributed by atoms with Crippen LogP contribution in [0.15, 0.2) is 6.07 Å². The molecule has 1 atom stereocenters. The number of methoxy groups -OCH3 is 1. The number of hydrogen-bond acceptors (Lipinski definition) is 2. The van der Waals surface area contributed by atoms with E-state index in [1.54, 1.807) is 7.11 Å². The van der Waals surface area contributed by atoms with Gasteiger partial charge >= 0.3 is 0 Å². The van der Waals surface area contributed by atoms with Crippen molar-refractivity contribution in [3.05, 3.63) is 28.6 Å². The standard InChI is InChI=1S/C16H22FNO/c1-19-15-10-13(14-8-4-5-9-18-14)16(17)12-7-3-2-6-11(12)15/h10,14,18H,2-9H2,1H3. The van der Waals surface area contributed by atoms with Crippen LogP contribution < -0.4 is 10.1 Å². The van der Waals surface area contributed by atoms with Gasteiger partial charge in [-0.25, -0.2) is 4.39 Å². The number of ether oxygens (including phenoxy) is 1. The highest BCUT2D eigenvalue weighted by Crippen LogP contribution is 2.37. The van der Waals surface area contributed by atoms with Gasteiger partial charge < -0.3 is 10.1 Å². The minimum atomic E-state index is 0.0231. The maximum Gasteiger partial charge on any atom is 0.131 e. The summed E-state index contributed by atoms with van der Waals surface area (Å²) in [5.74, 6) is 0.911. The summed E-state index contributed by atoms with van der Waals surface area (Å²) in [7, 11) is 1.69. The fourth-order valence-electron chi connectivity index (χ4n) is 3.44. The molecule has 3 rings (SSSR count). The molecule has 1 fully saturated rings. The highest BCUT2D eigenvalue weighted by molar-refractivity contribution is 5.47. The first kappa shape index (κ1) is 12.9. The molecule has 0 spiro atoms. The molecule has 1 saturated heterocycles. The van der Waals surface area contributed by atoms with E-state index in [1.807, 2.05) is 6.07 Å². The number of nitrogens with one attached hydrogen (secondary N) is 1. The van der Waals surface area contributed by atoms with Gasteiger partial charge in [0.25, 0.3) is 0 Å². The highest BCUT2D eigenvalue weighted by Gasteiger charge is 2.25. The first-order valence-corrected chi connectivity index (χ1v) is 7.42. The van der Waals surface area contributed by atoms with Crippen molar-refractivity contribution in [2.24, 2.45) is 0 Å². The summed E-state index contributed by atoms with van der Waals surface area (Å²) in [4.78, 5) is 0. The molecule has 1 N–H and O–H groups in total. The summed E-state index contributed by atoms with van der Waals surface area (Å²) in [6.45, 7) is 0.990. The van der Waals surface area contributed by atoms with Gasteiger partial charge in [0.05, 0.1) is 7.11 Å². The molecule has 19 heavy (non-hydrogen) atoms. The van der Waals surface area contributed by atoms with Crippen molar-refractivity contribution in [2.75, 3.05) is 13.7 Å². The zero-order valence-corrected chi connectivity index (χ0v) is 11.6. The van der Waals surface area contributed by atoms with E-state index < -0.39 is 0 Å². The second kappa shape index (κ2) is 5.49. The number of halogens is 1. The van der Waals surface area contributed by atoms with Crippen molar-refractivity contribution in [3.63, 3.8) is 0 Å². The van der Waals surface area contributed by atoms with Crippen LogP contribution in [0.4, 0.5) is 4.39 Å². The van der Waals surface area contributed by atoms with Crippen molar-refractivity contribution in [2.45, 2.75) is 51.0 Å². The van der Waals surface area contributed by atoms with Crippen LogP contribution in [0.5, 0.6) is 5.75 Å². The molecule has 0 saturated carbocycles. The third kappa shape index (κ3) is 2.36. The predicted octanol–water partition coefficient (Wildman–Crippen LogP) is 3.53. The quantitative estimate of drug-likeness (QED) is 0.881. The second-order valence-corrected chi connectivity index (χ2v) is 5.65. The lowest BCUT2D eigenvalue weighted by atomic mass is 9.86. The SMILES string of the molecule is COc1cc(C2CCCCN2)c(F)c2c1CCCC2. The molecule has 0 bridgehead atoms.